The molecule has 0 bridgehead atoms. The number of methoxy groups -OCH3 is 1. The van der Waals surface area contributed by atoms with Gasteiger partial charge < -0.3 is 14.7 Å². The second-order valence-electron chi connectivity index (χ2n) is 5.20. The molecule has 0 amide bonds. The number of ether oxygens (including phenoxy) is 1. The summed E-state index contributed by atoms with van der Waals surface area (Å²) in [6, 6.07) is 0. The van der Waals surface area contributed by atoms with Crippen LogP contribution in [-0.4, -0.2) is 57.4 Å². The van der Waals surface area contributed by atoms with Crippen molar-refractivity contribution in [1.82, 2.24) is 14.8 Å². The lowest BCUT2D eigenvalue weighted by atomic mass is 9.95. The first-order chi connectivity index (χ1) is 9.45. The van der Waals surface area contributed by atoms with Crippen LogP contribution in [0.5, 0.6) is 0 Å². The summed E-state index contributed by atoms with van der Waals surface area (Å²) in [4.78, 5) is 12.8. The SMILES string of the molecule is COC1(C)CCCN(c2nnc(SCC(=O)O)n2C)C1. The number of hydrogen-bond acceptors (Lipinski definition) is 6. The molecule has 1 saturated heterocycles. The minimum Gasteiger partial charge on any atom is -0.481 e. The third kappa shape index (κ3) is 3.24. The number of anilines is 1. The molecule has 0 radical (unpaired) electrons. The van der Waals surface area contributed by atoms with Gasteiger partial charge in [-0.25, -0.2) is 0 Å². The molecule has 1 aromatic rings. The topological polar surface area (TPSA) is 80.5 Å². The van der Waals surface area contributed by atoms with Crippen molar-refractivity contribution in [2.24, 2.45) is 7.05 Å². The maximum absolute atomic E-state index is 10.6. The Kier molecular flexibility index (Phi) is 4.54. The van der Waals surface area contributed by atoms with E-state index in [1.54, 1.807) is 7.11 Å². The second kappa shape index (κ2) is 6.01. The van der Waals surface area contributed by atoms with Crippen LogP contribution in [0.1, 0.15) is 19.8 Å². The van der Waals surface area contributed by atoms with Gasteiger partial charge in [-0.2, -0.15) is 0 Å². The highest BCUT2D eigenvalue weighted by Crippen LogP contribution is 2.28. The van der Waals surface area contributed by atoms with Gasteiger partial charge in [0.25, 0.3) is 0 Å². The van der Waals surface area contributed by atoms with E-state index in [1.807, 2.05) is 11.6 Å². The van der Waals surface area contributed by atoms with Crippen LogP contribution in [0.15, 0.2) is 5.16 Å². The summed E-state index contributed by atoms with van der Waals surface area (Å²) in [6.07, 6.45) is 2.06. The highest BCUT2D eigenvalue weighted by Gasteiger charge is 2.32. The summed E-state index contributed by atoms with van der Waals surface area (Å²) in [7, 11) is 3.59. The minimum atomic E-state index is -0.857. The van der Waals surface area contributed by atoms with Gasteiger partial charge in [0, 0.05) is 27.2 Å². The van der Waals surface area contributed by atoms with Crippen molar-refractivity contribution in [3.63, 3.8) is 0 Å². The van der Waals surface area contributed by atoms with E-state index in [1.165, 1.54) is 11.8 Å². The van der Waals surface area contributed by atoms with Crippen molar-refractivity contribution in [2.75, 3.05) is 30.9 Å². The molecule has 2 heterocycles. The summed E-state index contributed by atoms with van der Waals surface area (Å²) >= 11 is 1.18. The van der Waals surface area contributed by atoms with Crippen LogP contribution in [0.3, 0.4) is 0 Å². The van der Waals surface area contributed by atoms with E-state index in [-0.39, 0.29) is 11.4 Å². The fourth-order valence-electron chi connectivity index (χ4n) is 2.38. The van der Waals surface area contributed by atoms with Gasteiger partial charge in [-0.05, 0) is 19.8 Å². The molecule has 1 atom stereocenters. The van der Waals surface area contributed by atoms with Gasteiger partial charge in [-0.15, -0.1) is 10.2 Å². The van der Waals surface area contributed by atoms with E-state index in [4.69, 9.17) is 9.84 Å². The van der Waals surface area contributed by atoms with Gasteiger partial charge in [0.05, 0.1) is 11.4 Å². The van der Waals surface area contributed by atoms with Crippen molar-refractivity contribution in [1.29, 1.82) is 0 Å². The molecule has 8 heteroatoms. The van der Waals surface area contributed by atoms with Crippen LogP contribution in [0, 0.1) is 0 Å². The zero-order valence-electron chi connectivity index (χ0n) is 12.0. The molecule has 1 unspecified atom stereocenters. The third-order valence-electron chi connectivity index (χ3n) is 3.57. The normalized spacial score (nSPS) is 23.1. The van der Waals surface area contributed by atoms with Gasteiger partial charge in [0.2, 0.25) is 5.95 Å². The Hall–Kier alpha value is -1.28. The molecule has 0 spiro atoms. The molecule has 0 aliphatic carbocycles. The predicted molar refractivity (Wildman–Crippen MR) is 76.2 cm³/mol. The number of hydrogen-bond donors (Lipinski definition) is 1. The number of aliphatic carboxylic acids is 1. The van der Waals surface area contributed by atoms with Crippen molar-refractivity contribution in [3.05, 3.63) is 0 Å². The van der Waals surface area contributed by atoms with E-state index >= 15 is 0 Å². The van der Waals surface area contributed by atoms with E-state index in [0.29, 0.717) is 5.16 Å². The standard InChI is InChI=1S/C12H20N4O3S/c1-12(19-3)5-4-6-16(8-12)10-13-14-11(15(10)2)20-7-9(17)18/h4-8H2,1-3H3,(H,17,18). The monoisotopic (exact) mass is 300 g/mol. The van der Waals surface area contributed by atoms with Crippen molar-refractivity contribution in [3.8, 4) is 0 Å². The van der Waals surface area contributed by atoms with Gasteiger partial charge in [-0.3, -0.25) is 9.36 Å². The van der Waals surface area contributed by atoms with Crippen LogP contribution >= 0.6 is 11.8 Å². The van der Waals surface area contributed by atoms with Gasteiger partial charge in [0.15, 0.2) is 5.16 Å². The summed E-state index contributed by atoms with van der Waals surface area (Å²) in [6.45, 7) is 3.77. The number of carbonyl (C=O) groups is 1. The quantitative estimate of drug-likeness (QED) is 0.812. The zero-order valence-corrected chi connectivity index (χ0v) is 12.8. The molecule has 1 N–H and O–H groups in total. The first-order valence-electron chi connectivity index (χ1n) is 6.49. The highest BCUT2D eigenvalue weighted by atomic mass is 32.2. The summed E-state index contributed by atoms with van der Waals surface area (Å²) in [5.74, 6) is -0.104. The average molecular weight is 300 g/mol. The molecule has 0 aromatic carbocycles. The fourth-order valence-corrected chi connectivity index (χ4v) is 3.00. The smallest absolute Gasteiger partial charge is 0.313 e. The Labute approximate surface area is 122 Å². The summed E-state index contributed by atoms with van der Waals surface area (Å²) < 4.78 is 7.42. The van der Waals surface area contributed by atoms with Crippen molar-refractivity contribution in [2.45, 2.75) is 30.5 Å². The Morgan fingerprint density at radius 1 is 1.55 bits per heavy atom. The lowest BCUT2D eigenvalue weighted by Crippen LogP contribution is -2.48. The molecule has 1 aromatic heterocycles. The average Bonchev–Trinajstić information content (AvgIpc) is 2.78. The Bertz CT molecular complexity index is 493. The number of carboxylic acid groups (broad SMARTS) is 1. The van der Waals surface area contributed by atoms with Crippen LogP contribution in [0.25, 0.3) is 0 Å². The molecular weight excluding hydrogens is 280 g/mol. The number of rotatable bonds is 5. The van der Waals surface area contributed by atoms with E-state index in [0.717, 1.165) is 31.9 Å². The maximum atomic E-state index is 10.6. The van der Waals surface area contributed by atoms with Gasteiger partial charge in [0.1, 0.15) is 0 Å². The minimum absolute atomic E-state index is 0.0121. The van der Waals surface area contributed by atoms with Crippen LogP contribution < -0.4 is 4.90 Å². The molecule has 1 aliphatic rings. The Morgan fingerprint density at radius 3 is 2.95 bits per heavy atom. The molecule has 2 rings (SSSR count). The largest absolute Gasteiger partial charge is 0.481 e. The lowest BCUT2D eigenvalue weighted by Gasteiger charge is -2.39. The van der Waals surface area contributed by atoms with E-state index < -0.39 is 5.97 Å². The Balaban J connectivity index is 2.11. The first-order valence-corrected chi connectivity index (χ1v) is 7.48. The van der Waals surface area contributed by atoms with Gasteiger partial charge >= 0.3 is 5.97 Å². The predicted octanol–water partition coefficient (Wildman–Crippen LogP) is 0.997. The number of nitrogens with zero attached hydrogens (tertiary/aromatic N) is 4. The van der Waals surface area contributed by atoms with E-state index in [2.05, 4.69) is 22.0 Å². The third-order valence-corrected chi connectivity index (χ3v) is 4.58. The zero-order chi connectivity index (χ0) is 14.8. The molecule has 7 nitrogen and oxygen atoms in total. The maximum Gasteiger partial charge on any atom is 0.313 e. The van der Waals surface area contributed by atoms with Crippen molar-refractivity contribution < 1.29 is 14.6 Å². The molecular formula is C12H20N4O3S. The van der Waals surface area contributed by atoms with E-state index in [9.17, 15) is 4.79 Å². The second-order valence-corrected chi connectivity index (χ2v) is 6.15. The number of aromatic nitrogens is 3. The Morgan fingerprint density at radius 2 is 2.30 bits per heavy atom. The molecule has 1 aliphatic heterocycles. The fraction of sp³-hybridized carbons (Fsp3) is 0.750. The number of thioether (sulfide) groups is 1. The number of piperidine rings is 1. The first kappa shape index (κ1) is 15.1. The van der Waals surface area contributed by atoms with Gasteiger partial charge in [-0.1, -0.05) is 11.8 Å². The van der Waals surface area contributed by atoms with Crippen LogP contribution in [-0.2, 0) is 16.6 Å². The molecule has 0 saturated carbocycles. The lowest BCUT2D eigenvalue weighted by molar-refractivity contribution is -0.133. The summed E-state index contributed by atoms with van der Waals surface area (Å²) in [5.41, 5.74) is -0.168. The summed E-state index contributed by atoms with van der Waals surface area (Å²) in [5, 5.41) is 17.6. The molecule has 112 valence electrons. The van der Waals surface area contributed by atoms with Crippen LogP contribution in [0.4, 0.5) is 5.95 Å². The highest BCUT2D eigenvalue weighted by molar-refractivity contribution is 7.99. The molecule has 1 fully saturated rings. The van der Waals surface area contributed by atoms with Crippen LogP contribution in [0.2, 0.25) is 0 Å². The van der Waals surface area contributed by atoms with Crippen molar-refractivity contribution >= 4 is 23.7 Å². The number of carboxylic acids is 1. The molecule has 20 heavy (non-hydrogen) atoms.